The van der Waals surface area contributed by atoms with Gasteiger partial charge in [0.05, 0.1) is 5.92 Å². The van der Waals surface area contributed by atoms with E-state index >= 15 is 0 Å². The maximum Gasteiger partial charge on any atom is 0.255 e. The van der Waals surface area contributed by atoms with Crippen molar-refractivity contribution in [1.29, 1.82) is 0 Å². The predicted molar refractivity (Wildman–Crippen MR) is 87.3 cm³/mol. The second-order valence-corrected chi connectivity index (χ2v) is 7.12. The fourth-order valence-electron chi connectivity index (χ4n) is 3.33. The van der Waals surface area contributed by atoms with Crippen LogP contribution in [0.15, 0.2) is 30.3 Å². The molecule has 1 aliphatic rings. The summed E-state index contributed by atoms with van der Waals surface area (Å²) in [5.74, 6) is 0.0223. The summed E-state index contributed by atoms with van der Waals surface area (Å²) in [5, 5.41) is 0. The Bertz CT molecular complexity index is 548. The summed E-state index contributed by atoms with van der Waals surface area (Å²) >= 11 is 0. The van der Waals surface area contributed by atoms with Crippen LogP contribution >= 0.6 is 0 Å². The van der Waals surface area contributed by atoms with Crippen LogP contribution in [0.4, 0.5) is 0 Å². The molecule has 2 atom stereocenters. The molecular formula is C18H26N2O2. The van der Waals surface area contributed by atoms with Gasteiger partial charge in [0, 0.05) is 24.6 Å². The lowest BCUT2D eigenvalue weighted by Crippen LogP contribution is -2.64. The third-order valence-electron chi connectivity index (χ3n) is 4.33. The molecule has 1 aliphatic heterocycles. The fraction of sp³-hybridized carbons (Fsp3) is 0.556. The monoisotopic (exact) mass is 302 g/mol. The quantitative estimate of drug-likeness (QED) is 0.842. The van der Waals surface area contributed by atoms with Crippen LogP contribution in [0.2, 0.25) is 0 Å². The van der Waals surface area contributed by atoms with Crippen LogP contribution in [-0.2, 0) is 4.79 Å². The first kappa shape index (κ1) is 16.5. The van der Waals surface area contributed by atoms with Gasteiger partial charge in [0.15, 0.2) is 0 Å². The number of rotatable bonds is 2. The third-order valence-corrected chi connectivity index (χ3v) is 4.33. The molecule has 0 aliphatic carbocycles. The van der Waals surface area contributed by atoms with Gasteiger partial charge in [0.2, 0.25) is 5.91 Å². The lowest BCUT2D eigenvalue weighted by Gasteiger charge is -2.50. The van der Waals surface area contributed by atoms with Crippen molar-refractivity contribution in [2.45, 2.75) is 40.3 Å². The number of nitrogens with zero attached hydrogens (tertiary/aromatic N) is 2. The van der Waals surface area contributed by atoms with E-state index in [2.05, 4.69) is 20.8 Å². The molecule has 120 valence electrons. The highest BCUT2D eigenvalue weighted by molar-refractivity contribution is 5.95. The Morgan fingerprint density at radius 1 is 1.23 bits per heavy atom. The van der Waals surface area contributed by atoms with E-state index in [1.807, 2.05) is 49.2 Å². The Labute approximate surface area is 133 Å². The predicted octanol–water partition coefficient (Wildman–Crippen LogP) is 3.00. The Kier molecular flexibility index (Phi) is 4.59. The van der Waals surface area contributed by atoms with E-state index in [0.29, 0.717) is 12.1 Å². The lowest BCUT2D eigenvalue weighted by molar-refractivity contribution is -0.152. The number of carbonyl (C=O) groups is 2. The van der Waals surface area contributed by atoms with Crippen molar-refractivity contribution in [3.8, 4) is 0 Å². The van der Waals surface area contributed by atoms with Crippen molar-refractivity contribution < 1.29 is 9.59 Å². The van der Waals surface area contributed by atoms with Crippen LogP contribution in [0.25, 0.3) is 0 Å². The van der Waals surface area contributed by atoms with Crippen molar-refractivity contribution in [1.82, 2.24) is 9.80 Å². The second kappa shape index (κ2) is 6.11. The molecule has 1 aromatic rings. The highest BCUT2D eigenvalue weighted by atomic mass is 16.2. The van der Waals surface area contributed by atoms with E-state index in [1.54, 1.807) is 4.90 Å². The van der Waals surface area contributed by atoms with Crippen molar-refractivity contribution in [2.24, 2.45) is 11.3 Å². The molecule has 1 fully saturated rings. The number of carbonyl (C=O) groups excluding carboxylic acids is 2. The van der Waals surface area contributed by atoms with Gasteiger partial charge in [-0.15, -0.1) is 0 Å². The van der Waals surface area contributed by atoms with E-state index in [1.165, 1.54) is 0 Å². The molecule has 0 bridgehead atoms. The highest BCUT2D eigenvalue weighted by Gasteiger charge is 2.45. The molecule has 22 heavy (non-hydrogen) atoms. The third kappa shape index (κ3) is 3.01. The van der Waals surface area contributed by atoms with Gasteiger partial charge in [-0.3, -0.25) is 9.59 Å². The Balaban J connectivity index is 2.40. The lowest BCUT2D eigenvalue weighted by atomic mass is 9.86. The Hall–Kier alpha value is -1.84. The molecule has 0 saturated carbocycles. The van der Waals surface area contributed by atoms with Gasteiger partial charge < -0.3 is 9.80 Å². The van der Waals surface area contributed by atoms with Gasteiger partial charge in [-0.25, -0.2) is 0 Å². The molecule has 1 heterocycles. The SMILES string of the molecule is CC[C@@H]1CN(C(=O)c2ccccc2)[C@@H](C(C)(C)C)N(C)C1=O. The first-order chi connectivity index (χ1) is 10.3. The summed E-state index contributed by atoms with van der Waals surface area (Å²) in [5.41, 5.74) is 0.474. The highest BCUT2D eigenvalue weighted by Crippen LogP contribution is 2.33. The van der Waals surface area contributed by atoms with E-state index in [9.17, 15) is 9.59 Å². The molecular weight excluding hydrogens is 276 g/mol. The molecule has 0 N–H and O–H groups in total. The summed E-state index contributed by atoms with van der Waals surface area (Å²) < 4.78 is 0. The molecule has 0 aromatic heterocycles. The molecule has 2 amide bonds. The van der Waals surface area contributed by atoms with Gasteiger partial charge in [-0.1, -0.05) is 45.9 Å². The van der Waals surface area contributed by atoms with Gasteiger partial charge in [0.25, 0.3) is 5.91 Å². The van der Waals surface area contributed by atoms with Crippen molar-refractivity contribution in [2.75, 3.05) is 13.6 Å². The van der Waals surface area contributed by atoms with Crippen molar-refractivity contribution >= 4 is 11.8 Å². The zero-order chi connectivity index (χ0) is 16.5. The first-order valence-electron chi connectivity index (χ1n) is 7.90. The van der Waals surface area contributed by atoms with Crippen LogP contribution < -0.4 is 0 Å². The van der Waals surface area contributed by atoms with Crippen LogP contribution in [0.5, 0.6) is 0 Å². The van der Waals surface area contributed by atoms with Crippen LogP contribution in [0.3, 0.4) is 0 Å². The average molecular weight is 302 g/mol. The largest absolute Gasteiger partial charge is 0.324 e. The average Bonchev–Trinajstić information content (AvgIpc) is 2.48. The standard InChI is InChI=1S/C18H26N2O2/c1-6-13-12-20(16(22)14-10-8-7-9-11-14)17(18(2,3)4)19(5)15(13)21/h7-11,13,17H,6,12H2,1-5H3/t13-,17+/m1/s1. The summed E-state index contributed by atoms with van der Waals surface area (Å²) in [6.07, 6.45) is 0.522. The minimum absolute atomic E-state index is 0.00155. The van der Waals surface area contributed by atoms with Crippen molar-refractivity contribution in [3.05, 3.63) is 35.9 Å². The molecule has 0 spiro atoms. The molecule has 4 heteroatoms. The number of benzene rings is 1. The number of amides is 2. The summed E-state index contributed by atoms with van der Waals surface area (Å²) in [4.78, 5) is 29.1. The van der Waals surface area contributed by atoms with Gasteiger partial charge in [-0.2, -0.15) is 0 Å². The second-order valence-electron chi connectivity index (χ2n) is 7.12. The number of hydrogen-bond donors (Lipinski definition) is 0. The molecule has 2 rings (SSSR count). The van der Waals surface area contributed by atoms with Gasteiger partial charge >= 0.3 is 0 Å². The van der Waals surface area contributed by atoms with Gasteiger partial charge in [0.1, 0.15) is 6.17 Å². The summed E-state index contributed by atoms with van der Waals surface area (Å²) in [6.45, 7) is 8.70. The Morgan fingerprint density at radius 3 is 2.32 bits per heavy atom. The zero-order valence-electron chi connectivity index (χ0n) is 14.2. The topological polar surface area (TPSA) is 40.6 Å². The first-order valence-corrected chi connectivity index (χ1v) is 7.90. The van der Waals surface area contributed by atoms with Gasteiger partial charge in [-0.05, 0) is 18.6 Å². The molecule has 0 unspecified atom stereocenters. The van der Waals surface area contributed by atoms with E-state index in [4.69, 9.17) is 0 Å². The van der Waals surface area contributed by atoms with Crippen LogP contribution in [0, 0.1) is 11.3 Å². The minimum atomic E-state index is -0.226. The molecule has 0 radical (unpaired) electrons. The van der Waals surface area contributed by atoms with E-state index in [0.717, 1.165) is 6.42 Å². The van der Waals surface area contributed by atoms with Crippen LogP contribution in [0.1, 0.15) is 44.5 Å². The zero-order valence-corrected chi connectivity index (χ0v) is 14.2. The smallest absolute Gasteiger partial charge is 0.255 e. The molecule has 1 aromatic carbocycles. The van der Waals surface area contributed by atoms with E-state index < -0.39 is 0 Å². The summed E-state index contributed by atoms with van der Waals surface area (Å²) in [7, 11) is 1.81. The normalized spacial score (nSPS) is 22.9. The maximum absolute atomic E-state index is 13.0. The molecule has 4 nitrogen and oxygen atoms in total. The minimum Gasteiger partial charge on any atom is -0.324 e. The fourth-order valence-corrected chi connectivity index (χ4v) is 3.33. The molecule has 1 saturated heterocycles. The summed E-state index contributed by atoms with van der Waals surface area (Å²) in [6, 6.07) is 9.31. The maximum atomic E-state index is 13.0. The van der Waals surface area contributed by atoms with Crippen molar-refractivity contribution in [3.63, 3.8) is 0 Å². The Morgan fingerprint density at radius 2 is 1.82 bits per heavy atom. The van der Waals surface area contributed by atoms with Crippen LogP contribution in [-0.4, -0.2) is 41.4 Å². The van der Waals surface area contributed by atoms with E-state index in [-0.39, 0.29) is 29.3 Å². The number of hydrogen-bond acceptors (Lipinski definition) is 2.